The summed E-state index contributed by atoms with van der Waals surface area (Å²) in [5, 5.41) is 12.9. The van der Waals surface area contributed by atoms with Gasteiger partial charge < -0.3 is 14.7 Å². The van der Waals surface area contributed by atoms with Crippen LogP contribution in [-0.2, 0) is 6.42 Å². The number of benzene rings is 2. The number of halogens is 1. The van der Waals surface area contributed by atoms with Crippen molar-refractivity contribution in [2.24, 2.45) is 0 Å². The zero-order chi connectivity index (χ0) is 15.5. The van der Waals surface area contributed by atoms with Gasteiger partial charge >= 0.3 is 0 Å². The molecule has 3 rings (SSSR count). The average Bonchev–Trinajstić information content (AvgIpc) is 2.97. The quantitative estimate of drug-likeness (QED) is 0.374. The first-order valence-electron chi connectivity index (χ1n) is 7.06. The Bertz CT molecular complexity index is 698. The van der Waals surface area contributed by atoms with Gasteiger partial charge in [-0.3, -0.25) is 0 Å². The minimum Gasteiger partial charge on any atom is -0.624 e. The van der Waals surface area contributed by atoms with Crippen LogP contribution in [0.5, 0.6) is 11.5 Å². The van der Waals surface area contributed by atoms with Crippen LogP contribution in [0.3, 0.4) is 0 Å². The number of hydrogen-bond donors (Lipinski definition) is 0. The molecule has 1 atom stereocenters. The molecule has 0 saturated carbocycles. The Labute approximate surface area is 134 Å². The standard InChI is InChI=1S/C17H16ClNO3/c1-12(8-13-2-5-15(18)6-3-13)19(20)10-14-4-7-16-17(9-14)22-11-21-16/h2-7,9-10,12H,8,11H2,1H3/b19-10+. The normalized spacial score (nSPS) is 14.9. The summed E-state index contributed by atoms with van der Waals surface area (Å²) in [6.45, 7) is 2.12. The minimum atomic E-state index is -0.174. The van der Waals surface area contributed by atoms with Gasteiger partial charge in [-0.1, -0.05) is 23.7 Å². The van der Waals surface area contributed by atoms with Crippen LogP contribution in [0.4, 0.5) is 0 Å². The van der Waals surface area contributed by atoms with Crippen molar-refractivity contribution < 1.29 is 14.2 Å². The van der Waals surface area contributed by atoms with Crippen molar-refractivity contribution in [1.82, 2.24) is 0 Å². The highest BCUT2D eigenvalue weighted by Gasteiger charge is 2.15. The van der Waals surface area contributed by atoms with Crippen LogP contribution in [-0.4, -0.2) is 23.8 Å². The summed E-state index contributed by atoms with van der Waals surface area (Å²) in [5.41, 5.74) is 1.87. The topological polar surface area (TPSA) is 44.5 Å². The summed E-state index contributed by atoms with van der Waals surface area (Å²) in [7, 11) is 0. The van der Waals surface area contributed by atoms with Crippen molar-refractivity contribution in [2.75, 3.05) is 6.79 Å². The fraction of sp³-hybridized carbons (Fsp3) is 0.235. The van der Waals surface area contributed by atoms with Crippen molar-refractivity contribution in [3.8, 4) is 11.5 Å². The lowest BCUT2D eigenvalue weighted by Crippen LogP contribution is -2.21. The number of fused-ring (bicyclic) bond motifs is 1. The van der Waals surface area contributed by atoms with Gasteiger partial charge in [-0.05, 0) is 42.8 Å². The van der Waals surface area contributed by atoms with Gasteiger partial charge in [-0.25, -0.2) is 4.74 Å². The molecule has 22 heavy (non-hydrogen) atoms. The first-order valence-corrected chi connectivity index (χ1v) is 7.44. The number of hydroxylamine groups is 1. The van der Waals surface area contributed by atoms with Crippen molar-refractivity contribution in [3.63, 3.8) is 0 Å². The molecule has 0 spiro atoms. The van der Waals surface area contributed by atoms with E-state index in [0.717, 1.165) is 15.9 Å². The zero-order valence-corrected chi connectivity index (χ0v) is 12.9. The zero-order valence-electron chi connectivity index (χ0n) is 12.2. The van der Waals surface area contributed by atoms with Crippen molar-refractivity contribution >= 4 is 17.8 Å². The molecule has 0 radical (unpaired) electrons. The van der Waals surface area contributed by atoms with Crippen molar-refractivity contribution in [3.05, 3.63) is 63.8 Å². The molecule has 0 fully saturated rings. The minimum absolute atomic E-state index is 0.174. The van der Waals surface area contributed by atoms with Gasteiger partial charge in [0.25, 0.3) is 0 Å². The lowest BCUT2D eigenvalue weighted by Gasteiger charge is -2.13. The predicted molar refractivity (Wildman–Crippen MR) is 86.0 cm³/mol. The van der Waals surface area contributed by atoms with E-state index in [9.17, 15) is 5.21 Å². The fourth-order valence-electron chi connectivity index (χ4n) is 2.32. The van der Waals surface area contributed by atoms with E-state index in [2.05, 4.69) is 0 Å². The van der Waals surface area contributed by atoms with E-state index >= 15 is 0 Å². The number of ether oxygens (including phenoxy) is 2. The molecule has 0 amide bonds. The lowest BCUT2D eigenvalue weighted by atomic mass is 10.1. The molecule has 2 aromatic rings. The molecule has 0 aromatic heterocycles. The van der Waals surface area contributed by atoms with Crippen LogP contribution in [0, 0.1) is 5.21 Å². The van der Waals surface area contributed by atoms with Crippen LogP contribution in [0.2, 0.25) is 5.02 Å². The van der Waals surface area contributed by atoms with Gasteiger partial charge in [0.1, 0.15) is 0 Å². The van der Waals surface area contributed by atoms with E-state index < -0.39 is 0 Å². The second kappa shape index (κ2) is 6.28. The molecular weight excluding hydrogens is 302 g/mol. The molecule has 0 N–H and O–H groups in total. The largest absolute Gasteiger partial charge is 0.624 e. The third-order valence-electron chi connectivity index (χ3n) is 3.55. The Kier molecular flexibility index (Phi) is 4.20. The second-order valence-corrected chi connectivity index (χ2v) is 5.72. The summed E-state index contributed by atoms with van der Waals surface area (Å²) < 4.78 is 11.5. The highest BCUT2D eigenvalue weighted by molar-refractivity contribution is 6.30. The Hall–Kier alpha value is -2.20. The lowest BCUT2D eigenvalue weighted by molar-refractivity contribution is -0.491. The molecule has 0 saturated heterocycles. The summed E-state index contributed by atoms with van der Waals surface area (Å²) in [6.07, 6.45) is 2.23. The van der Waals surface area contributed by atoms with Crippen LogP contribution in [0.25, 0.3) is 0 Å². The van der Waals surface area contributed by atoms with Crippen LogP contribution in [0.1, 0.15) is 18.1 Å². The van der Waals surface area contributed by atoms with E-state index in [1.807, 2.05) is 49.4 Å². The molecular formula is C17H16ClNO3. The van der Waals surface area contributed by atoms with Gasteiger partial charge in [-0.15, -0.1) is 0 Å². The molecule has 4 nitrogen and oxygen atoms in total. The van der Waals surface area contributed by atoms with Crippen molar-refractivity contribution in [2.45, 2.75) is 19.4 Å². The van der Waals surface area contributed by atoms with Crippen LogP contribution < -0.4 is 9.47 Å². The van der Waals surface area contributed by atoms with Gasteiger partial charge in [-0.2, -0.15) is 0 Å². The van der Waals surface area contributed by atoms with Gasteiger partial charge in [0, 0.05) is 17.0 Å². The average molecular weight is 318 g/mol. The monoisotopic (exact) mass is 317 g/mol. The smallest absolute Gasteiger partial charge is 0.231 e. The molecule has 0 aliphatic carbocycles. The molecule has 1 aliphatic heterocycles. The molecule has 1 aliphatic rings. The number of hydrogen-bond acceptors (Lipinski definition) is 3. The Morgan fingerprint density at radius 2 is 1.91 bits per heavy atom. The van der Waals surface area contributed by atoms with Crippen LogP contribution >= 0.6 is 11.6 Å². The van der Waals surface area contributed by atoms with E-state index in [-0.39, 0.29) is 12.8 Å². The van der Waals surface area contributed by atoms with Gasteiger partial charge in [0.05, 0.1) is 0 Å². The highest BCUT2D eigenvalue weighted by Crippen LogP contribution is 2.32. The third kappa shape index (κ3) is 3.34. The molecule has 0 bridgehead atoms. The summed E-state index contributed by atoms with van der Waals surface area (Å²) in [6, 6.07) is 12.8. The maximum absolute atomic E-state index is 12.2. The summed E-state index contributed by atoms with van der Waals surface area (Å²) >= 11 is 5.86. The summed E-state index contributed by atoms with van der Waals surface area (Å²) in [4.78, 5) is 0. The molecule has 1 heterocycles. The molecule has 2 aromatic carbocycles. The Morgan fingerprint density at radius 1 is 1.18 bits per heavy atom. The Morgan fingerprint density at radius 3 is 2.68 bits per heavy atom. The number of nitrogens with zero attached hydrogens (tertiary/aromatic N) is 1. The first-order chi connectivity index (χ1) is 10.6. The second-order valence-electron chi connectivity index (χ2n) is 5.28. The Balaban J connectivity index is 1.71. The highest BCUT2D eigenvalue weighted by atomic mass is 35.5. The first kappa shape index (κ1) is 14.7. The number of rotatable bonds is 4. The SMILES string of the molecule is CC(Cc1ccc(Cl)cc1)/[N+]([O-])=C\c1ccc2c(c1)OCO2. The molecule has 114 valence electrons. The van der Waals surface area contributed by atoms with Gasteiger partial charge in [0.15, 0.2) is 23.8 Å². The third-order valence-corrected chi connectivity index (χ3v) is 3.80. The van der Waals surface area contributed by atoms with Crippen molar-refractivity contribution in [1.29, 1.82) is 0 Å². The fourth-order valence-corrected chi connectivity index (χ4v) is 2.45. The van der Waals surface area contributed by atoms with E-state index in [1.165, 1.54) is 0 Å². The van der Waals surface area contributed by atoms with Crippen LogP contribution in [0.15, 0.2) is 42.5 Å². The van der Waals surface area contributed by atoms with Gasteiger partial charge in [0.2, 0.25) is 6.79 Å². The van der Waals surface area contributed by atoms with E-state index in [4.69, 9.17) is 21.1 Å². The summed E-state index contributed by atoms with van der Waals surface area (Å²) in [5.74, 6) is 1.39. The molecule has 1 unspecified atom stereocenters. The maximum atomic E-state index is 12.2. The predicted octanol–water partition coefficient (Wildman–Crippen LogP) is 3.63. The van der Waals surface area contributed by atoms with E-state index in [1.54, 1.807) is 6.21 Å². The maximum Gasteiger partial charge on any atom is 0.231 e. The molecule has 5 heteroatoms. The van der Waals surface area contributed by atoms with E-state index in [0.29, 0.717) is 22.9 Å².